The number of hydrogen-bond acceptors (Lipinski definition) is 4. The lowest BCUT2D eigenvalue weighted by molar-refractivity contribution is 0.0600. The van der Waals surface area contributed by atoms with E-state index in [4.69, 9.17) is 28.9 Å². The molecule has 4 rings (SSSR count). The standard InChI is InChI=1S/C21H25Cl2N3O/c1-26-9-7-21(24)16-12-15(27)4-3-14(16)11-19(26)20(21)25-8-6-13-2-5-17(22)18(23)10-13/h2-5,10,12,19-20,25,27H,6-9,11,24H2,1H3/t19-,20+,21-/m1/s1. The summed E-state index contributed by atoms with van der Waals surface area (Å²) in [6, 6.07) is 11.9. The Bertz CT molecular complexity index is 859. The van der Waals surface area contributed by atoms with E-state index in [0.29, 0.717) is 16.1 Å². The van der Waals surface area contributed by atoms with E-state index in [2.05, 4.69) is 17.3 Å². The van der Waals surface area contributed by atoms with Crippen molar-refractivity contribution < 1.29 is 5.11 Å². The van der Waals surface area contributed by atoms with E-state index in [-0.39, 0.29) is 11.8 Å². The number of aromatic hydroxyl groups is 1. The molecular formula is C21H25Cl2N3O. The number of likely N-dealkylation sites (N-methyl/N-ethyl adjacent to an activating group) is 1. The second kappa shape index (κ2) is 7.26. The number of hydrogen-bond donors (Lipinski definition) is 3. The third-order valence-electron chi connectivity index (χ3n) is 6.17. The summed E-state index contributed by atoms with van der Waals surface area (Å²) in [5.74, 6) is 0.283. The van der Waals surface area contributed by atoms with Crippen LogP contribution in [0.25, 0.3) is 0 Å². The molecule has 4 N–H and O–H groups in total. The summed E-state index contributed by atoms with van der Waals surface area (Å²) in [6.07, 6.45) is 2.66. The molecule has 1 fully saturated rings. The Kier molecular flexibility index (Phi) is 5.12. The van der Waals surface area contributed by atoms with Gasteiger partial charge >= 0.3 is 0 Å². The molecule has 27 heavy (non-hydrogen) atoms. The highest BCUT2D eigenvalue weighted by atomic mass is 35.5. The zero-order valence-corrected chi connectivity index (χ0v) is 16.9. The number of phenolic OH excluding ortho intramolecular Hbond substituents is 1. The number of halogens is 2. The number of piperidine rings is 1. The molecule has 1 aliphatic heterocycles. The largest absolute Gasteiger partial charge is 0.508 e. The lowest BCUT2D eigenvalue weighted by atomic mass is 9.66. The molecule has 3 atom stereocenters. The van der Waals surface area contributed by atoms with E-state index in [0.717, 1.165) is 43.5 Å². The molecule has 1 aliphatic carbocycles. The van der Waals surface area contributed by atoms with Crippen molar-refractivity contribution in [2.75, 3.05) is 20.1 Å². The zero-order valence-electron chi connectivity index (χ0n) is 15.4. The molecule has 1 heterocycles. The van der Waals surface area contributed by atoms with Gasteiger partial charge in [0, 0.05) is 18.6 Å². The predicted octanol–water partition coefficient (Wildman–Crippen LogP) is 3.31. The summed E-state index contributed by atoms with van der Waals surface area (Å²) < 4.78 is 0. The number of phenols is 1. The highest BCUT2D eigenvalue weighted by Gasteiger charge is 2.50. The van der Waals surface area contributed by atoms with Gasteiger partial charge in [0.2, 0.25) is 0 Å². The summed E-state index contributed by atoms with van der Waals surface area (Å²) in [7, 11) is 2.17. The van der Waals surface area contributed by atoms with E-state index in [1.165, 1.54) is 5.56 Å². The van der Waals surface area contributed by atoms with Gasteiger partial charge in [0.25, 0.3) is 0 Å². The van der Waals surface area contributed by atoms with Gasteiger partial charge in [-0.1, -0.05) is 35.3 Å². The highest BCUT2D eigenvalue weighted by Crippen LogP contribution is 2.42. The molecule has 2 aromatic carbocycles. The molecule has 144 valence electrons. The van der Waals surface area contributed by atoms with Crippen molar-refractivity contribution in [1.29, 1.82) is 0 Å². The van der Waals surface area contributed by atoms with E-state index in [1.54, 1.807) is 6.07 Å². The molecule has 0 spiro atoms. The predicted molar refractivity (Wildman–Crippen MR) is 111 cm³/mol. The average molecular weight is 406 g/mol. The Balaban J connectivity index is 1.55. The lowest BCUT2D eigenvalue weighted by Gasteiger charge is -2.54. The lowest BCUT2D eigenvalue weighted by Crippen LogP contribution is -2.70. The fourth-order valence-corrected chi connectivity index (χ4v) is 4.96. The number of rotatable bonds is 4. The zero-order chi connectivity index (χ0) is 19.2. The van der Waals surface area contributed by atoms with Gasteiger partial charge in [-0.15, -0.1) is 0 Å². The molecule has 0 saturated carbocycles. The SMILES string of the molecule is CN1CC[C@@]2(N)c3cc(O)ccc3C[C@@H]1[C@@H]2NCCc1ccc(Cl)c(Cl)c1. The van der Waals surface area contributed by atoms with Crippen LogP contribution in [-0.2, 0) is 18.4 Å². The minimum atomic E-state index is -0.471. The fraction of sp³-hybridized carbons (Fsp3) is 0.429. The molecule has 1 saturated heterocycles. The van der Waals surface area contributed by atoms with Gasteiger partial charge in [0.05, 0.1) is 15.6 Å². The van der Waals surface area contributed by atoms with Crippen LogP contribution in [0.3, 0.4) is 0 Å². The van der Waals surface area contributed by atoms with Crippen LogP contribution in [0.1, 0.15) is 23.1 Å². The van der Waals surface area contributed by atoms with Crippen LogP contribution in [0.2, 0.25) is 10.0 Å². The summed E-state index contributed by atoms with van der Waals surface area (Å²) in [6.45, 7) is 1.77. The van der Waals surface area contributed by atoms with Gasteiger partial charge in [0.15, 0.2) is 0 Å². The molecule has 4 nitrogen and oxygen atoms in total. The first-order valence-electron chi connectivity index (χ1n) is 9.37. The third-order valence-corrected chi connectivity index (χ3v) is 6.91. The molecule has 2 aromatic rings. The normalized spacial score (nSPS) is 27.4. The summed E-state index contributed by atoms with van der Waals surface area (Å²) in [5, 5.41) is 14.9. The Hall–Kier alpha value is -1.30. The minimum Gasteiger partial charge on any atom is -0.508 e. The van der Waals surface area contributed by atoms with Crippen LogP contribution in [0.5, 0.6) is 5.75 Å². The topological polar surface area (TPSA) is 61.5 Å². The van der Waals surface area contributed by atoms with Crippen molar-refractivity contribution in [3.8, 4) is 5.75 Å². The van der Waals surface area contributed by atoms with Gasteiger partial charge in [-0.3, -0.25) is 0 Å². The fourth-order valence-electron chi connectivity index (χ4n) is 4.64. The number of benzene rings is 2. The van der Waals surface area contributed by atoms with Crippen LogP contribution in [0, 0.1) is 0 Å². The molecule has 2 bridgehead atoms. The van der Waals surface area contributed by atoms with E-state index in [9.17, 15) is 5.11 Å². The third kappa shape index (κ3) is 3.45. The Labute approximate surface area is 170 Å². The van der Waals surface area contributed by atoms with Crippen molar-refractivity contribution >= 4 is 23.2 Å². The van der Waals surface area contributed by atoms with Crippen molar-refractivity contribution in [2.24, 2.45) is 5.73 Å². The van der Waals surface area contributed by atoms with Gasteiger partial charge < -0.3 is 21.1 Å². The van der Waals surface area contributed by atoms with Crippen LogP contribution in [0.4, 0.5) is 0 Å². The molecular weight excluding hydrogens is 381 g/mol. The molecule has 0 aromatic heterocycles. The van der Waals surface area contributed by atoms with Crippen molar-refractivity contribution in [1.82, 2.24) is 10.2 Å². The molecule has 0 amide bonds. The second-order valence-electron chi connectivity index (χ2n) is 7.81. The Morgan fingerprint density at radius 3 is 2.81 bits per heavy atom. The quantitative estimate of drug-likeness (QED) is 0.729. The number of nitrogens with two attached hydrogens (primary N) is 1. The molecule has 2 aliphatic rings. The first-order valence-corrected chi connectivity index (χ1v) is 10.1. The van der Waals surface area contributed by atoms with Crippen LogP contribution < -0.4 is 11.1 Å². The number of nitrogens with zero attached hydrogens (tertiary/aromatic N) is 1. The average Bonchev–Trinajstić information content (AvgIpc) is 2.64. The Morgan fingerprint density at radius 2 is 2.04 bits per heavy atom. The van der Waals surface area contributed by atoms with Crippen molar-refractivity contribution in [3.63, 3.8) is 0 Å². The van der Waals surface area contributed by atoms with Gasteiger partial charge in [-0.2, -0.15) is 0 Å². The summed E-state index contributed by atoms with van der Waals surface area (Å²) in [5.41, 5.74) is 9.98. The van der Waals surface area contributed by atoms with Crippen LogP contribution in [0.15, 0.2) is 36.4 Å². The molecule has 0 unspecified atom stereocenters. The van der Waals surface area contributed by atoms with E-state index in [1.807, 2.05) is 30.3 Å². The summed E-state index contributed by atoms with van der Waals surface area (Å²) in [4.78, 5) is 2.40. The number of nitrogens with one attached hydrogen (secondary N) is 1. The smallest absolute Gasteiger partial charge is 0.115 e. The van der Waals surface area contributed by atoms with Gasteiger partial charge in [-0.25, -0.2) is 0 Å². The van der Waals surface area contributed by atoms with Crippen molar-refractivity contribution in [2.45, 2.75) is 36.9 Å². The monoisotopic (exact) mass is 405 g/mol. The highest BCUT2D eigenvalue weighted by molar-refractivity contribution is 6.42. The van der Waals surface area contributed by atoms with Crippen LogP contribution in [-0.4, -0.2) is 42.2 Å². The van der Waals surface area contributed by atoms with Crippen molar-refractivity contribution in [3.05, 3.63) is 63.1 Å². The number of fused-ring (bicyclic) bond motifs is 4. The van der Waals surface area contributed by atoms with E-state index >= 15 is 0 Å². The maximum Gasteiger partial charge on any atom is 0.115 e. The molecule has 0 radical (unpaired) electrons. The second-order valence-corrected chi connectivity index (χ2v) is 8.63. The van der Waals surface area contributed by atoms with Gasteiger partial charge in [-0.05, 0) is 73.8 Å². The van der Waals surface area contributed by atoms with E-state index < -0.39 is 5.54 Å². The minimum absolute atomic E-state index is 0.133. The van der Waals surface area contributed by atoms with Gasteiger partial charge in [0.1, 0.15) is 5.75 Å². The first kappa shape index (κ1) is 19.0. The Morgan fingerprint density at radius 1 is 1.22 bits per heavy atom. The number of likely N-dealkylation sites (tertiary alicyclic amines) is 1. The molecule has 6 heteroatoms. The first-order chi connectivity index (χ1) is 12.9. The summed E-state index contributed by atoms with van der Waals surface area (Å²) >= 11 is 12.1. The maximum absolute atomic E-state index is 10.0. The van der Waals surface area contributed by atoms with Crippen LogP contribution >= 0.6 is 23.2 Å². The maximum atomic E-state index is 10.0.